The number of fused-ring (bicyclic) bond motifs is 5. The summed E-state index contributed by atoms with van der Waals surface area (Å²) in [4.78, 5) is 0. The lowest BCUT2D eigenvalue weighted by atomic mass is 10.2. The molecule has 0 spiro atoms. The fourth-order valence-corrected chi connectivity index (χ4v) is 4.60. The van der Waals surface area contributed by atoms with Crippen molar-refractivity contribution in [2.45, 2.75) is 6.54 Å². The van der Waals surface area contributed by atoms with E-state index >= 15 is 0 Å². The molecule has 3 aromatic heterocycles. The lowest BCUT2D eigenvalue weighted by Gasteiger charge is -2.08. The maximum atomic E-state index is 6.27. The highest BCUT2D eigenvalue weighted by Gasteiger charge is 2.19. The van der Waals surface area contributed by atoms with Crippen molar-refractivity contribution < 1.29 is 4.40 Å². The molecule has 0 saturated heterocycles. The maximum absolute atomic E-state index is 6.27. The minimum absolute atomic E-state index is 0.765. The molecule has 30 heavy (non-hydrogen) atoms. The van der Waals surface area contributed by atoms with Gasteiger partial charge in [-0.25, -0.2) is 8.97 Å². The average molecular weight is 409 g/mol. The average Bonchev–Trinajstić information content (AvgIpc) is 3.34. The second-order valence-electron chi connectivity index (χ2n) is 7.59. The lowest BCUT2D eigenvalue weighted by Crippen LogP contribution is -2.18. The van der Waals surface area contributed by atoms with Crippen molar-refractivity contribution in [2.24, 2.45) is 0 Å². The SMILES string of the molecule is Clc1cccc(Cn2c3ccccc3c3cc[n+]4cn(-c5ccccc5)cc4c32)c1. The Bertz CT molecular complexity index is 1530. The molecule has 0 fully saturated rings. The first-order valence-corrected chi connectivity index (χ1v) is 10.4. The Morgan fingerprint density at radius 1 is 0.800 bits per heavy atom. The van der Waals surface area contributed by atoms with Crippen LogP contribution in [-0.4, -0.2) is 9.13 Å². The molecule has 6 rings (SSSR count). The van der Waals surface area contributed by atoms with Crippen LogP contribution in [0.5, 0.6) is 0 Å². The highest BCUT2D eigenvalue weighted by atomic mass is 35.5. The van der Waals surface area contributed by atoms with E-state index in [-0.39, 0.29) is 0 Å². The Morgan fingerprint density at radius 3 is 2.50 bits per heavy atom. The Balaban J connectivity index is 1.66. The van der Waals surface area contributed by atoms with Gasteiger partial charge in [0.2, 0.25) is 0 Å². The molecule has 3 nitrogen and oxygen atoms in total. The zero-order chi connectivity index (χ0) is 20.1. The zero-order valence-corrected chi connectivity index (χ0v) is 17.0. The van der Waals surface area contributed by atoms with Crippen molar-refractivity contribution in [3.63, 3.8) is 0 Å². The van der Waals surface area contributed by atoms with Crippen molar-refractivity contribution >= 4 is 38.9 Å². The third-order valence-electron chi connectivity index (χ3n) is 5.73. The Morgan fingerprint density at radius 2 is 1.63 bits per heavy atom. The van der Waals surface area contributed by atoms with E-state index in [1.165, 1.54) is 32.9 Å². The third-order valence-corrected chi connectivity index (χ3v) is 5.96. The number of halogens is 1. The summed E-state index contributed by atoms with van der Waals surface area (Å²) in [5.74, 6) is 0. The van der Waals surface area contributed by atoms with Crippen LogP contribution in [0.2, 0.25) is 5.02 Å². The van der Waals surface area contributed by atoms with E-state index in [1.807, 2.05) is 24.3 Å². The van der Waals surface area contributed by atoms with Crippen LogP contribution in [0.25, 0.3) is 33.0 Å². The number of aromatic nitrogens is 3. The van der Waals surface area contributed by atoms with E-state index in [1.54, 1.807) is 0 Å². The fourth-order valence-electron chi connectivity index (χ4n) is 4.38. The molecule has 0 radical (unpaired) electrons. The highest BCUT2D eigenvalue weighted by molar-refractivity contribution is 6.30. The van der Waals surface area contributed by atoms with Crippen molar-refractivity contribution in [3.8, 4) is 5.69 Å². The molecule has 3 aromatic carbocycles. The van der Waals surface area contributed by atoms with Gasteiger partial charge < -0.3 is 4.57 Å². The Labute approximate surface area is 179 Å². The van der Waals surface area contributed by atoms with Crippen molar-refractivity contribution in [2.75, 3.05) is 0 Å². The van der Waals surface area contributed by atoms with Gasteiger partial charge in [0.15, 0.2) is 5.52 Å². The quantitative estimate of drug-likeness (QED) is 0.317. The Kier molecular flexibility index (Phi) is 3.90. The highest BCUT2D eigenvalue weighted by Crippen LogP contribution is 2.31. The van der Waals surface area contributed by atoms with Gasteiger partial charge in [-0.05, 0) is 42.0 Å². The summed E-state index contributed by atoms with van der Waals surface area (Å²) in [6, 6.07) is 29.4. The summed E-state index contributed by atoms with van der Waals surface area (Å²) < 4.78 is 6.78. The molecule has 0 amide bonds. The van der Waals surface area contributed by atoms with Crippen LogP contribution >= 0.6 is 11.6 Å². The molecule has 6 aromatic rings. The monoisotopic (exact) mass is 408 g/mol. The molecule has 4 heteroatoms. The molecule has 0 N–H and O–H groups in total. The first-order valence-electron chi connectivity index (χ1n) is 10.0. The van der Waals surface area contributed by atoms with Gasteiger partial charge in [0, 0.05) is 27.9 Å². The van der Waals surface area contributed by atoms with Gasteiger partial charge >= 0.3 is 0 Å². The minimum atomic E-state index is 0.765. The van der Waals surface area contributed by atoms with Gasteiger partial charge in [-0.15, -0.1) is 0 Å². The summed E-state index contributed by atoms with van der Waals surface area (Å²) in [5, 5.41) is 3.30. The molecular weight excluding hydrogens is 390 g/mol. The fraction of sp³-hybridized carbons (Fsp3) is 0.0385. The second-order valence-corrected chi connectivity index (χ2v) is 8.03. The van der Waals surface area contributed by atoms with E-state index in [0.717, 1.165) is 17.3 Å². The standard InChI is InChI=1S/C26H19ClN3/c27-20-8-6-7-19(15-20)16-30-24-12-5-4-11-22(24)23-13-14-28-18-29(17-25(28)26(23)30)21-9-2-1-3-10-21/h1-15,17-18H,16H2/q+1. The van der Waals surface area contributed by atoms with E-state index < -0.39 is 0 Å². The largest absolute Gasteiger partial charge is 0.332 e. The van der Waals surface area contributed by atoms with Crippen LogP contribution < -0.4 is 4.40 Å². The predicted molar refractivity (Wildman–Crippen MR) is 122 cm³/mol. The summed E-state index contributed by atoms with van der Waals surface area (Å²) >= 11 is 6.27. The van der Waals surface area contributed by atoms with Crippen LogP contribution in [0.3, 0.4) is 0 Å². The van der Waals surface area contributed by atoms with E-state index in [0.29, 0.717) is 0 Å². The van der Waals surface area contributed by atoms with Crippen molar-refractivity contribution in [1.29, 1.82) is 0 Å². The maximum Gasteiger partial charge on any atom is 0.254 e. The second kappa shape index (κ2) is 6.75. The van der Waals surface area contributed by atoms with Gasteiger partial charge in [0.1, 0.15) is 17.4 Å². The van der Waals surface area contributed by atoms with E-state index in [4.69, 9.17) is 11.6 Å². The van der Waals surface area contributed by atoms with Crippen LogP contribution in [-0.2, 0) is 6.54 Å². The molecule has 144 valence electrons. The molecule has 0 aliphatic heterocycles. The number of nitrogens with zero attached hydrogens (tertiary/aromatic N) is 3. The molecular formula is C26H19ClN3+. The molecule has 0 bridgehead atoms. The zero-order valence-electron chi connectivity index (χ0n) is 16.2. The first kappa shape index (κ1) is 17.3. The number of hydrogen-bond acceptors (Lipinski definition) is 0. The van der Waals surface area contributed by atoms with Crippen LogP contribution in [0.15, 0.2) is 104 Å². The van der Waals surface area contributed by atoms with Gasteiger partial charge in [-0.3, -0.25) is 0 Å². The summed E-state index contributed by atoms with van der Waals surface area (Å²) in [6.45, 7) is 0.765. The van der Waals surface area contributed by atoms with E-state index in [2.05, 4.69) is 92.9 Å². The number of para-hydroxylation sites is 2. The van der Waals surface area contributed by atoms with Gasteiger partial charge in [-0.2, -0.15) is 0 Å². The summed E-state index contributed by atoms with van der Waals surface area (Å²) in [6.07, 6.45) is 6.49. The number of benzene rings is 3. The third kappa shape index (κ3) is 2.71. The van der Waals surface area contributed by atoms with Crippen LogP contribution in [0.1, 0.15) is 5.56 Å². The van der Waals surface area contributed by atoms with Gasteiger partial charge in [0.25, 0.3) is 6.33 Å². The minimum Gasteiger partial charge on any atom is -0.332 e. The Hall–Kier alpha value is -3.56. The molecule has 0 aliphatic rings. The van der Waals surface area contributed by atoms with E-state index in [9.17, 15) is 0 Å². The summed E-state index contributed by atoms with van der Waals surface area (Å²) in [7, 11) is 0. The molecule has 0 aliphatic carbocycles. The number of imidazole rings is 1. The topological polar surface area (TPSA) is 14.0 Å². The first-order chi connectivity index (χ1) is 14.8. The lowest BCUT2D eigenvalue weighted by molar-refractivity contribution is -0.510. The van der Waals surface area contributed by atoms with Gasteiger partial charge in [0.05, 0.1) is 6.20 Å². The number of pyridine rings is 1. The normalized spacial score (nSPS) is 11.6. The summed E-state index contributed by atoms with van der Waals surface area (Å²) in [5.41, 5.74) is 5.97. The van der Waals surface area contributed by atoms with Crippen LogP contribution in [0.4, 0.5) is 0 Å². The smallest absolute Gasteiger partial charge is 0.254 e. The van der Waals surface area contributed by atoms with Gasteiger partial charge in [-0.1, -0.05) is 60.1 Å². The van der Waals surface area contributed by atoms with Crippen LogP contribution in [0, 0.1) is 0 Å². The molecule has 0 saturated carbocycles. The van der Waals surface area contributed by atoms with Crippen molar-refractivity contribution in [1.82, 2.24) is 9.13 Å². The molecule has 0 unspecified atom stereocenters. The molecule has 3 heterocycles. The van der Waals surface area contributed by atoms with Crippen molar-refractivity contribution in [3.05, 3.63) is 114 Å². The predicted octanol–water partition coefficient (Wildman–Crippen LogP) is 6.03. The molecule has 0 atom stereocenters. The number of hydrogen-bond donors (Lipinski definition) is 0. The number of rotatable bonds is 3.